The number of para-hydroxylation sites is 1. The molecule has 0 aromatic heterocycles. The Labute approximate surface area is 77.1 Å². The summed E-state index contributed by atoms with van der Waals surface area (Å²) in [4.78, 5) is 4.57. The monoisotopic (exact) mass is 167 g/mol. The van der Waals surface area contributed by atoms with Crippen LogP contribution in [0.15, 0.2) is 47.5 Å². The quantitative estimate of drug-likeness (QED) is 0.563. The molecular weight excluding hydrogens is 158 g/mol. The molecule has 0 N–H and O–H groups in total. The van der Waals surface area contributed by atoms with E-state index in [1.165, 1.54) is 16.8 Å². The average Bonchev–Trinajstić information content (AvgIpc) is 2.56. The molecule has 1 aromatic rings. The molecule has 0 atom stereocenters. The molecule has 0 saturated carbocycles. The third-order valence-electron chi connectivity index (χ3n) is 2.47. The van der Waals surface area contributed by atoms with Crippen molar-refractivity contribution < 1.29 is 0 Å². The number of nitrogens with zero attached hydrogens (tertiary/aromatic N) is 1. The summed E-state index contributed by atoms with van der Waals surface area (Å²) < 4.78 is 0. The third kappa shape index (κ3) is 0.903. The van der Waals surface area contributed by atoms with Crippen LogP contribution in [0.4, 0.5) is 5.69 Å². The summed E-state index contributed by atoms with van der Waals surface area (Å²) in [6, 6.07) is 8.31. The van der Waals surface area contributed by atoms with Gasteiger partial charge in [-0.1, -0.05) is 36.4 Å². The van der Waals surface area contributed by atoms with Crippen LogP contribution in [0.1, 0.15) is 12.0 Å². The van der Waals surface area contributed by atoms with Crippen molar-refractivity contribution in [3.8, 4) is 0 Å². The normalized spacial score (nSPS) is 17.5. The van der Waals surface area contributed by atoms with E-state index in [1.54, 1.807) is 0 Å². The summed E-state index contributed by atoms with van der Waals surface area (Å²) in [7, 11) is 0. The molecular formula is C12H9N. The highest BCUT2D eigenvalue weighted by Crippen LogP contribution is 2.36. The minimum absolute atomic E-state index is 0.973. The van der Waals surface area contributed by atoms with Gasteiger partial charge in [0.2, 0.25) is 0 Å². The van der Waals surface area contributed by atoms with Crippen LogP contribution in [-0.4, -0.2) is 5.71 Å². The fourth-order valence-corrected chi connectivity index (χ4v) is 1.85. The number of hydrogen-bond donors (Lipinski definition) is 0. The minimum atomic E-state index is 0.973. The molecule has 13 heavy (non-hydrogen) atoms. The molecule has 2 aliphatic rings. The third-order valence-corrected chi connectivity index (χ3v) is 2.47. The topological polar surface area (TPSA) is 12.4 Å². The van der Waals surface area contributed by atoms with Gasteiger partial charge < -0.3 is 0 Å². The zero-order valence-electron chi connectivity index (χ0n) is 7.20. The van der Waals surface area contributed by atoms with Gasteiger partial charge in [0.15, 0.2) is 0 Å². The van der Waals surface area contributed by atoms with E-state index in [2.05, 4.69) is 41.4 Å². The average molecular weight is 167 g/mol. The summed E-state index contributed by atoms with van der Waals surface area (Å²) in [6.45, 7) is 0. The number of benzene rings is 1. The van der Waals surface area contributed by atoms with E-state index in [-0.39, 0.29) is 0 Å². The Morgan fingerprint density at radius 3 is 3.08 bits per heavy atom. The predicted molar refractivity (Wildman–Crippen MR) is 55.3 cm³/mol. The zero-order valence-corrected chi connectivity index (χ0v) is 7.20. The highest BCUT2D eigenvalue weighted by Gasteiger charge is 2.19. The molecule has 0 radical (unpaired) electrons. The Bertz CT molecular complexity index is 450. The molecule has 62 valence electrons. The molecule has 1 nitrogen and oxygen atoms in total. The van der Waals surface area contributed by atoms with Crippen LogP contribution >= 0.6 is 0 Å². The van der Waals surface area contributed by atoms with E-state index in [0.717, 1.165) is 12.1 Å². The van der Waals surface area contributed by atoms with Gasteiger partial charge in [0, 0.05) is 17.6 Å². The van der Waals surface area contributed by atoms with Crippen molar-refractivity contribution in [2.24, 2.45) is 4.99 Å². The molecule has 3 rings (SSSR count). The molecule has 0 saturated heterocycles. The van der Waals surface area contributed by atoms with Gasteiger partial charge in [-0.25, -0.2) is 0 Å². The number of aliphatic imine (C=N–C) groups is 1. The smallest absolute Gasteiger partial charge is 0.0712 e. The number of hydrogen-bond acceptors (Lipinski definition) is 1. The summed E-state index contributed by atoms with van der Waals surface area (Å²) >= 11 is 0. The van der Waals surface area contributed by atoms with Crippen LogP contribution in [0.3, 0.4) is 0 Å². The maximum Gasteiger partial charge on any atom is 0.0712 e. The van der Waals surface area contributed by atoms with Gasteiger partial charge in [0.05, 0.1) is 11.4 Å². The van der Waals surface area contributed by atoms with Crippen LogP contribution in [0.2, 0.25) is 0 Å². The number of fused-ring (bicyclic) bond motifs is 3. The van der Waals surface area contributed by atoms with Crippen molar-refractivity contribution in [2.45, 2.75) is 6.42 Å². The SMILES string of the molecule is C1=CCC2=Nc3ccccc3C2=C1. The van der Waals surface area contributed by atoms with Crippen LogP contribution in [0.5, 0.6) is 0 Å². The second-order valence-corrected chi connectivity index (χ2v) is 3.29. The first kappa shape index (κ1) is 6.84. The molecule has 0 bridgehead atoms. The molecule has 1 heterocycles. The molecule has 0 unspecified atom stereocenters. The largest absolute Gasteiger partial charge is 0.252 e. The van der Waals surface area contributed by atoms with Crippen molar-refractivity contribution in [2.75, 3.05) is 0 Å². The van der Waals surface area contributed by atoms with Crippen LogP contribution in [0.25, 0.3) is 5.57 Å². The maximum atomic E-state index is 4.57. The molecule has 0 fully saturated rings. The molecule has 1 aliphatic heterocycles. The maximum absolute atomic E-state index is 4.57. The van der Waals surface area contributed by atoms with Crippen molar-refractivity contribution in [3.05, 3.63) is 48.1 Å². The van der Waals surface area contributed by atoms with Crippen molar-refractivity contribution in [3.63, 3.8) is 0 Å². The molecule has 0 spiro atoms. The van der Waals surface area contributed by atoms with Gasteiger partial charge in [-0.3, -0.25) is 4.99 Å². The Kier molecular flexibility index (Phi) is 1.28. The Morgan fingerprint density at radius 2 is 2.08 bits per heavy atom. The van der Waals surface area contributed by atoms with Gasteiger partial charge in [-0.05, 0) is 6.07 Å². The highest BCUT2D eigenvalue weighted by molar-refractivity contribution is 6.30. The number of rotatable bonds is 0. The summed E-state index contributed by atoms with van der Waals surface area (Å²) in [5.41, 5.74) is 4.91. The van der Waals surface area contributed by atoms with E-state index in [0.29, 0.717) is 0 Å². The first-order valence-electron chi connectivity index (χ1n) is 4.49. The van der Waals surface area contributed by atoms with E-state index < -0.39 is 0 Å². The van der Waals surface area contributed by atoms with E-state index in [4.69, 9.17) is 0 Å². The molecule has 1 aromatic carbocycles. The Balaban J connectivity index is 2.26. The molecule has 0 amide bonds. The molecule has 1 heteroatoms. The fraction of sp³-hybridized carbons (Fsp3) is 0.0833. The second-order valence-electron chi connectivity index (χ2n) is 3.29. The predicted octanol–water partition coefficient (Wildman–Crippen LogP) is 3.12. The first-order chi connectivity index (χ1) is 6.45. The summed E-state index contributed by atoms with van der Waals surface area (Å²) in [5.74, 6) is 0. The van der Waals surface area contributed by atoms with E-state index >= 15 is 0 Å². The van der Waals surface area contributed by atoms with Crippen molar-refractivity contribution >= 4 is 17.0 Å². The molecule has 1 aliphatic carbocycles. The van der Waals surface area contributed by atoms with Gasteiger partial charge in [-0.2, -0.15) is 0 Å². The Hall–Kier alpha value is -1.63. The van der Waals surface area contributed by atoms with Gasteiger partial charge in [0.1, 0.15) is 0 Å². The van der Waals surface area contributed by atoms with E-state index in [1.807, 2.05) is 6.07 Å². The van der Waals surface area contributed by atoms with Crippen molar-refractivity contribution in [1.29, 1.82) is 0 Å². The highest BCUT2D eigenvalue weighted by atomic mass is 14.8. The lowest BCUT2D eigenvalue weighted by atomic mass is 9.98. The van der Waals surface area contributed by atoms with E-state index in [9.17, 15) is 0 Å². The van der Waals surface area contributed by atoms with Crippen LogP contribution in [-0.2, 0) is 0 Å². The fourth-order valence-electron chi connectivity index (χ4n) is 1.85. The lowest BCUT2D eigenvalue weighted by molar-refractivity contribution is 1.44. The minimum Gasteiger partial charge on any atom is -0.252 e. The summed E-state index contributed by atoms with van der Waals surface area (Å²) in [5, 5.41) is 0. The van der Waals surface area contributed by atoms with Crippen LogP contribution < -0.4 is 0 Å². The van der Waals surface area contributed by atoms with Gasteiger partial charge >= 0.3 is 0 Å². The lowest BCUT2D eigenvalue weighted by Gasteiger charge is -2.04. The van der Waals surface area contributed by atoms with Crippen LogP contribution in [0, 0.1) is 0 Å². The van der Waals surface area contributed by atoms with Crippen molar-refractivity contribution in [1.82, 2.24) is 0 Å². The lowest BCUT2D eigenvalue weighted by Crippen LogP contribution is -1.97. The Morgan fingerprint density at radius 1 is 1.15 bits per heavy atom. The zero-order chi connectivity index (χ0) is 8.67. The van der Waals surface area contributed by atoms with Gasteiger partial charge in [0.25, 0.3) is 0 Å². The standard InChI is InChI=1S/C12H9N/c1-3-7-11-9(5-1)10-6-2-4-8-12(10)13-11/h1-7H,8H2. The summed E-state index contributed by atoms with van der Waals surface area (Å²) in [6.07, 6.45) is 7.37. The van der Waals surface area contributed by atoms with Gasteiger partial charge in [-0.15, -0.1) is 0 Å². The number of allylic oxidation sites excluding steroid dienone is 4. The first-order valence-corrected chi connectivity index (χ1v) is 4.49. The second kappa shape index (κ2) is 2.43.